The Balaban J connectivity index is 2.53. The molecule has 0 amide bonds. The van der Waals surface area contributed by atoms with Crippen LogP contribution in [0, 0.1) is 5.82 Å². The van der Waals surface area contributed by atoms with E-state index in [9.17, 15) is 4.39 Å². The van der Waals surface area contributed by atoms with Crippen molar-refractivity contribution >= 4 is 0 Å². The second-order valence-electron chi connectivity index (χ2n) is 3.24. The van der Waals surface area contributed by atoms with Crippen molar-refractivity contribution in [1.29, 1.82) is 0 Å². The molecule has 0 saturated carbocycles. The Bertz CT molecular complexity index is 296. The third kappa shape index (κ3) is 1.12. The average Bonchev–Trinajstić information content (AvgIpc) is 2.04. The molecule has 0 saturated heterocycles. The molecule has 1 nitrogen and oxygen atoms in total. The highest BCUT2D eigenvalue weighted by molar-refractivity contribution is 5.33. The van der Waals surface area contributed by atoms with Crippen LogP contribution in [0.25, 0.3) is 0 Å². The van der Waals surface area contributed by atoms with E-state index in [1.54, 1.807) is 6.07 Å². The van der Waals surface area contributed by atoms with E-state index in [4.69, 9.17) is 0 Å². The lowest BCUT2D eigenvalue weighted by atomic mass is 9.95. The Morgan fingerprint density at radius 1 is 1.50 bits per heavy atom. The van der Waals surface area contributed by atoms with Gasteiger partial charge in [0, 0.05) is 11.6 Å². The molecule has 12 heavy (non-hydrogen) atoms. The van der Waals surface area contributed by atoms with E-state index in [2.05, 4.69) is 5.32 Å². The lowest BCUT2D eigenvalue weighted by Crippen LogP contribution is -2.28. The summed E-state index contributed by atoms with van der Waals surface area (Å²) in [5.41, 5.74) is 2.00. The zero-order chi connectivity index (χ0) is 8.55. The van der Waals surface area contributed by atoms with E-state index in [1.807, 2.05) is 13.0 Å². The number of benzene rings is 1. The van der Waals surface area contributed by atoms with Crippen molar-refractivity contribution < 1.29 is 4.39 Å². The van der Waals surface area contributed by atoms with Gasteiger partial charge in [-0.1, -0.05) is 12.1 Å². The SMILES string of the molecule is CC1NCCc2cccc(F)c21. The van der Waals surface area contributed by atoms with Gasteiger partial charge in [-0.3, -0.25) is 0 Å². The Morgan fingerprint density at radius 3 is 3.08 bits per heavy atom. The van der Waals surface area contributed by atoms with Gasteiger partial charge < -0.3 is 5.32 Å². The van der Waals surface area contributed by atoms with Gasteiger partial charge in [0.2, 0.25) is 0 Å². The molecular formula is C10H12FN. The molecule has 0 bridgehead atoms. The fourth-order valence-electron chi connectivity index (χ4n) is 1.81. The Labute approximate surface area is 71.6 Å². The highest BCUT2D eigenvalue weighted by atomic mass is 19.1. The summed E-state index contributed by atoms with van der Waals surface area (Å²) in [5.74, 6) is -0.0767. The van der Waals surface area contributed by atoms with Gasteiger partial charge in [-0.15, -0.1) is 0 Å². The van der Waals surface area contributed by atoms with Crippen molar-refractivity contribution in [2.45, 2.75) is 19.4 Å². The van der Waals surface area contributed by atoms with Gasteiger partial charge in [-0.05, 0) is 31.5 Å². The minimum atomic E-state index is -0.0767. The molecule has 0 spiro atoms. The van der Waals surface area contributed by atoms with Crippen LogP contribution in [0.2, 0.25) is 0 Å². The molecule has 1 atom stereocenters. The van der Waals surface area contributed by atoms with Crippen LogP contribution < -0.4 is 5.32 Å². The summed E-state index contributed by atoms with van der Waals surface area (Å²) in [5, 5.41) is 3.24. The lowest BCUT2D eigenvalue weighted by molar-refractivity contribution is 0.499. The van der Waals surface area contributed by atoms with Crippen LogP contribution in [-0.2, 0) is 6.42 Å². The topological polar surface area (TPSA) is 12.0 Å². The summed E-state index contributed by atoms with van der Waals surface area (Å²) in [4.78, 5) is 0. The average molecular weight is 165 g/mol. The molecule has 0 fully saturated rings. The fourth-order valence-corrected chi connectivity index (χ4v) is 1.81. The van der Waals surface area contributed by atoms with Gasteiger partial charge in [-0.25, -0.2) is 4.39 Å². The van der Waals surface area contributed by atoms with Crippen LogP contribution in [0.1, 0.15) is 24.1 Å². The standard InChI is InChI=1S/C10H12FN/c1-7-10-8(5-6-12-7)3-2-4-9(10)11/h2-4,7,12H,5-6H2,1H3. The first kappa shape index (κ1) is 7.74. The van der Waals surface area contributed by atoms with Gasteiger partial charge in [0.05, 0.1) is 0 Å². The number of hydrogen-bond acceptors (Lipinski definition) is 1. The van der Waals surface area contributed by atoms with Gasteiger partial charge in [-0.2, -0.15) is 0 Å². The molecule has 1 aromatic rings. The van der Waals surface area contributed by atoms with Crippen molar-refractivity contribution in [1.82, 2.24) is 5.32 Å². The van der Waals surface area contributed by atoms with Crippen LogP contribution in [-0.4, -0.2) is 6.54 Å². The molecule has 0 radical (unpaired) electrons. The monoisotopic (exact) mass is 165 g/mol. The molecule has 1 N–H and O–H groups in total. The third-order valence-electron chi connectivity index (χ3n) is 2.42. The predicted octanol–water partition coefficient (Wildman–Crippen LogP) is 2.03. The molecule has 1 aliphatic rings. The van der Waals surface area contributed by atoms with Crippen molar-refractivity contribution in [3.8, 4) is 0 Å². The van der Waals surface area contributed by atoms with E-state index < -0.39 is 0 Å². The second kappa shape index (κ2) is 2.87. The van der Waals surface area contributed by atoms with Crippen LogP contribution in [0.3, 0.4) is 0 Å². The molecule has 2 heteroatoms. The van der Waals surface area contributed by atoms with Crippen molar-refractivity contribution in [3.05, 3.63) is 35.1 Å². The quantitative estimate of drug-likeness (QED) is 0.620. The second-order valence-corrected chi connectivity index (χ2v) is 3.24. The molecule has 1 aliphatic heterocycles. The Morgan fingerprint density at radius 2 is 2.33 bits per heavy atom. The molecule has 1 aromatic carbocycles. The minimum Gasteiger partial charge on any atom is -0.310 e. The summed E-state index contributed by atoms with van der Waals surface area (Å²) in [7, 11) is 0. The van der Waals surface area contributed by atoms with Gasteiger partial charge >= 0.3 is 0 Å². The van der Waals surface area contributed by atoms with Crippen LogP contribution in [0.4, 0.5) is 4.39 Å². The molecule has 64 valence electrons. The number of fused-ring (bicyclic) bond motifs is 1. The third-order valence-corrected chi connectivity index (χ3v) is 2.42. The van der Waals surface area contributed by atoms with Crippen LogP contribution >= 0.6 is 0 Å². The first-order valence-electron chi connectivity index (χ1n) is 4.29. The summed E-state index contributed by atoms with van der Waals surface area (Å²) < 4.78 is 13.3. The van der Waals surface area contributed by atoms with E-state index in [-0.39, 0.29) is 11.9 Å². The Hall–Kier alpha value is -0.890. The zero-order valence-corrected chi connectivity index (χ0v) is 7.10. The number of halogens is 1. The summed E-state index contributed by atoms with van der Waals surface area (Å²) in [6.45, 7) is 2.96. The lowest BCUT2D eigenvalue weighted by Gasteiger charge is -2.23. The normalized spacial score (nSPS) is 22.0. The van der Waals surface area contributed by atoms with E-state index >= 15 is 0 Å². The van der Waals surface area contributed by atoms with Crippen molar-refractivity contribution in [2.75, 3.05) is 6.54 Å². The van der Waals surface area contributed by atoms with E-state index in [0.29, 0.717) is 0 Å². The summed E-state index contributed by atoms with van der Waals surface area (Å²) >= 11 is 0. The minimum absolute atomic E-state index is 0.0767. The highest BCUT2D eigenvalue weighted by Gasteiger charge is 2.18. The molecule has 2 rings (SSSR count). The van der Waals surface area contributed by atoms with E-state index in [1.165, 1.54) is 6.07 Å². The van der Waals surface area contributed by atoms with Gasteiger partial charge in [0.15, 0.2) is 0 Å². The number of nitrogens with one attached hydrogen (secondary N) is 1. The molecule has 1 unspecified atom stereocenters. The van der Waals surface area contributed by atoms with Crippen LogP contribution in [0.15, 0.2) is 18.2 Å². The maximum Gasteiger partial charge on any atom is 0.128 e. The van der Waals surface area contributed by atoms with E-state index in [0.717, 1.165) is 24.1 Å². The van der Waals surface area contributed by atoms with Gasteiger partial charge in [0.1, 0.15) is 5.82 Å². The largest absolute Gasteiger partial charge is 0.310 e. The molecule has 0 aromatic heterocycles. The Kier molecular flexibility index (Phi) is 1.85. The van der Waals surface area contributed by atoms with Crippen LogP contribution in [0.5, 0.6) is 0 Å². The summed E-state index contributed by atoms with van der Waals surface area (Å²) in [6, 6.07) is 5.49. The maximum absolute atomic E-state index is 13.3. The highest BCUT2D eigenvalue weighted by Crippen LogP contribution is 2.24. The first-order chi connectivity index (χ1) is 5.79. The first-order valence-corrected chi connectivity index (χ1v) is 4.29. The molecular weight excluding hydrogens is 153 g/mol. The van der Waals surface area contributed by atoms with Crippen molar-refractivity contribution in [3.63, 3.8) is 0 Å². The fraction of sp³-hybridized carbons (Fsp3) is 0.400. The van der Waals surface area contributed by atoms with Crippen molar-refractivity contribution in [2.24, 2.45) is 0 Å². The summed E-state index contributed by atoms with van der Waals surface area (Å²) in [6.07, 6.45) is 0.942. The number of hydrogen-bond donors (Lipinski definition) is 1. The molecule has 0 aliphatic carbocycles. The van der Waals surface area contributed by atoms with Gasteiger partial charge in [0.25, 0.3) is 0 Å². The maximum atomic E-state index is 13.3. The number of rotatable bonds is 0. The molecule has 1 heterocycles. The predicted molar refractivity (Wildman–Crippen MR) is 46.5 cm³/mol. The zero-order valence-electron chi connectivity index (χ0n) is 7.10. The smallest absolute Gasteiger partial charge is 0.128 e.